The number of amides is 1. The summed E-state index contributed by atoms with van der Waals surface area (Å²) < 4.78 is 18.2. The third kappa shape index (κ3) is 5.47. The first-order chi connectivity index (χ1) is 12.7. The third-order valence-electron chi connectivity index (χ3n) is 4.10. The zero-order valence-electron chi connectivity index (χ0n) is 14.4. The van der Waals surface area contributed by atoms with Crippen molar-refractivity contribution in [1.82, 2.24) is 20.2 Å². The summed E-state index contributed by atoms with van der Waals surface area (Å²) in [6.45, 7) is 5.08. The second-order valence-electron chi connectivity index (χ2n) is 5.98. The van der Waals surface area contributed by atoms with Crippen molar-refractivity contribution in [2.24, 2.45) is 0 Å². The molecule has 1 aromatic carbocycles. The van der Waals surface area contributed by atoms with Crippen LogP contribution in [0.15, 0.2) is 36.7 Å². The van der Waals surface area contributed by atoms with Gasteiger partial charge in [0, 0.05) is 38.8 Å². The number of anilines is 1. The zero-order valence-corrected chi connectivity index (χ0v) is 14.4. The van der Waals surface area contributed by atoms with Gasteiger partial charge in [0.2, 0.25) is 0 Å². The van der Waals surface area contributed by atoms with E-state index in [9.17, 15) is 9.18 Å². The summed E-state index contributed by atoms with van der Waals surface area (Å²) in [5, 5.41) is 5.98. The van der Waals surface area contributed by atoms with Crippen LogP contribution in [0.25, 0.3) is 0 Å². The van der Waals surface area contributed by atoms with Crippen LogP contribution in [0, 0.1) is 5.82 Å². The van der Waals surface area contributed by atoms with Crippen molar-refractivity contribution >= 4 is 11.7 Å². The van der Waals surface area contributed by atoms with Crippen LogP contribution < -0.4 is 10.6 Å². The minimum atomic E-state index is -0.271. The molecule has 1 aliphatic rings. The molecule has 138 valence electrons. The Balaban J connectivity index is 1.47. The Morgan fingerprint density at radius 2 is 1.96 bits per heavy atom. The molecular weight excluding hydrogens is 337 g/mol. The molecule has 1 saturated heterocycles. The zero-order chi connectivity index (χ0) is 18.2. The molecule has 0 radical (unpaired) electrons. The molecule has 26 heavy (non-hydrogen) atoms. The van der Waals surface area contributed by atoms with E-state index in [1.54, 1.807) is 18.2 Å². The number of nitrogens with zero attached hydrogens (tertiary/aromatic N) is 3. The molecule has 0 atom stereocenters. The number of aromatic nitrogens is 2. The van der Waals surface area contributed by atoms with Crippen LogP contribution in [0.5, 0.6) is 0 Å². The molecule has 1 fully saturated rings. The first-order valence-electron chi connectivity index (χ1n) is 8.59. The van der Waals surface area contributed by atoms with E-state index < -0.39 is 0 Å². The van der Waals surface area contributed by atoms with Crippen LogP contribution in [0.3, 0.4) is 0 Å². The predicted molar refractivity (Wildman–Crippen MR) is 95.4 cm³/mol. The number of hydrogen-bond donors (Lipinski definition) is 2. The maximum absolute atomic E-state index is 12.9. The molecule has 2 aromatic rings. The summed E-state index contributed by atoms with van der Waals surface area (Å²) >= 11 is 0. The lowest BCUT2D eigenvalue weighted by molar-refractivity contribution is 0.0383. The number of morpholine rings is 1. The molecule has 8 heteroatoms. The van der Waals surface area contributed by atoms with Crippen molar-refractivity contribution in [2.45, 2.75) is 6.54 Å². The molecule has 3 rings (SSSR count). The first-order valence-corrected chi connectivity index (χ1v) is 8.59. The number of carbonyl (C=O) groups excluding carboxylic acids is 1. The number of ether oxygens (including phenoxy) is 1. The van der Waals surface area contributed by atoms with Gasteiger partial charge in [-0.1, -0.05) is 12.1 Å². The number of nitrogens with one attached hydrogen (secondary N) is 2. The van der Waals surface area contributed by atoms with E-state index in [2.05, 4.69) is 25.5 Å². The van der Waals surface area contributed by atoms with Crippen LogP contribution in [0.4, 0.5) is 10.2 Å². The standard InChI is InChI=1S/C18H22FN5O2/c19-15-3-1-14(2-4-15)12-21-17-11-16(22-13-23-17)18(25)20-5-6-24-7-9-26-10-8-24/h1-4,11,13H,5-10,12H2,(H,20,25)(H,21,22,23). The van der Waals surface area contributed by atoms with E-state index >= 15 is 0 Å². The normalized spacial score (nSPS) is 14.8. The molecule has 0 unspecified atom stereocenters. The summed E-state index contributed by atoms with van der Waals surface area (Å²) in [5.74, 6) is 0.0416. The van der Waals surface area contributed by atoms with Crippen molar-refractivity contribution in [1.29, 1.82) is 0 Å². The number of benzene rings is 1. The lowest BCUT2D eigenvalue weighted by Gasteiger charge is -2.26. The Kier molecular flexibility index (Phi) is 6.45. The molecule has 7 nitrogen and oxygen atoms in total. The smallest absolute Gasteiger partial charge is 0.270 e. The van der Waals surface area contributed by atoms with Crippen LogP contribution in [-0.4, -0.2) is 60.2 Å². The quantitative estimate of drug-likeness (QED) is 0.776. The van der Waals surface area contributed by atoms with E-state index in [0.717, 1.165) is 38.4 Å². The average Bonchev–Trinajstić information content (AvgIpc) is 2.68. The Morgan fingerprint density at radius 1 is 1.19 bits per heavy atom. The van der Waals surface area contributed by atoms with Crippen molar-refractivity contribution in [3.8, 4) is 0 Å². The molecular formula is C18H22FN5O2. The molecule has 0 spiro atoms. The lowest BCUT2D eigenvalue weighted by atomic mass is 10.2. The fraction of sp³-hybridized carbons (Fsp3) is 0.389. The van der Waals surface area contributed by atoms with Gasteiger partial charge in [0.15, 0.2) is 0 Å². The highest BCUT2D eigenvalue weighted by atomic mass is 19.1. The van der Waals surface area contributed by atoms with Gasteiger partial charge in [0.05, 0.1) is 13.2 Å². The molecule has 0 saturated carbocycles. The highest BCUT2D eigenvalue weighted by Gasteiger charge is 2.12. The second kappa shape index (κ2) is 9.21. The third-order valence-corrected chi connectivity index (χ3v) is 4.10. The highest BCUT2D eigenvalue weighted by Crippen LogP contribution is 2.08. The molecule has 1 amide bonds. The van der Waals surface area contributed by atoms with Crippen molar-refractivity contribution in [3.05, 3.63) is 53.7 Å². The predicted octanol–water partition coefficient (Wildman–Crippen LogP) is 1.29. The summed E-state index contributed by atoms with van der Waals surface area (Å²) in [5.41, 5.74) is 1.23. The molecule has 1 aliphatic heterocycles. The summed E-state index contributed by atoms with van der Waals surface area (Å²) in [6, 6.07) is 7.81. The fourth-order valence-electron chi connectivity index (χ4n) is 2.62. The topological polar surface area (TPSA) is 79.4 Å². The SMILES string of the molecule is O=C(NCCN1CCOCC1)c1cc(NCc2ccc(F)cc2)ncn1. The van der Waals surface area contributed by atoms with Gasteiger partial charge >= 0.3 is 0 Å². The van der Waals surface area contributed by atoms with E-state index in [1.165, 1.54) is 18.5 Å². The monoisotopic (exact) mass is 359 g/mol. The van der Waals surface area contributed by atoms with Gasteiger partial charge in [-0.25, -0.2) is 14.4 Å². The maximum Gasteiger partial charge on any atom is 0.270 e. The summed E-state index contributed by atoms with van der Waals surface area (Å²) in [6.07, 6.45) is 1.35. The van der Waals surface area contributed by atoms with E-state index in [4.69, 9.17) is 4.74 Å². The van der Waals surface area contributed by atoms with Crippen molar-refractivity contribution < 1.29 is 13.9 Å². The minimum Gasteiger partial charge on any atom is -0.379 e. The lowest BCUT2D eigenvalue weighted by Crippen LogP contribution is -2.41. The van der Waals surface area contributed by atoms with Crippen LogP contribution >= 0.6 is 0 Å². The summed E-state index contributed by atoms with van der Waals surface area (Å²) in [4.78, 5) is 22.6. The van der Waals surface area contributed by atoms with Gasteiger partial charge in [0.1, 0.15) is 23.7 Å². The van der Waals surface area contributed by atoms with Gasteiger partial charge in [-0.2, -0.15) is 0 Å². The van der Waals surface area contributed by atoms with E-state index in [-0.39, 0.29) is 11.7 Å². The van der Waals surface area contributed by atoms with Gasteiger partial charge < -0.3 is 15.4 Å². The maximum atomic E-state index is 12.9. The Labute approximate surface area is 151 Å². The number of halogens is 1. The Hall–Kier alpha value is -2.58. The number of carbonyl (C=O) groups is 1. The average molecular weight is 359 g/mol. The van der Waals surface area contributed by atoms with Crippen LogP contribution in [-0.2, 0) is 11.3 Å². The Bertz CT molecular complexity index is 720. The minimum absolute atomic E-state index is 0.231. The largest absolute Gasteiger partial charge is 0.379 e. The van der Waals surface area contributed by atoms with Gasteiger partial charge in [0.25, 0.3) is 5.91 Å². The molecule has 0 aliphatic carbocycles. The molecule has 2 heterocycles. The molecule has 0 bridgehead atoms. The van der Waals surface area contributed by atoms with Gasteiger partial charge in [-0.15, -0.1) is 0 Å². The summed E-state index contributed by atoms with van der Waals surface area (Å²) in [7, 11) is 0. The molecule has 1 aromatic heterocycles. The first kappa shape index (κ1) is 18.2. The number of hydrogen-bond acceptors (Lipinski definition) is 6. The fourth-order valence-corrected chi connectivity index (χ4v) is 2.62. The van der Waals surface area contributed by atoms with E-state index in [1.807, 2.05) is 0 Å². The number of rotatable bonds is 7. The van der Waals surface area contributed by atoms with Crippen LogP contribution in [0.2, 0.25) is 0 Å². The van der Waals surface area contributed by atoms with Gasteiger partial charge in [-0.3, -0.25) is 9.69 Å². The van der Waals surface area contributed by atoms with Gasteiger partial charge in [-0.05, 0) is 17.7 Å². The second-order valence-corrected chi connectivity index (χ2v) is 5.98. The Morgan fingerprint density at radius 3 is 2.73 bits per heavy atom. The van der Waals surface area contributed by atoms with E-state index in [0.29, 0.717) is 24.6 Å². The highest BCUT2D eigenvalue weighted by molar-refractivity contribution is 5.92. The van der Waals surface area contributed by atoms with Crippen LogP contribution in [0.1, 0.15) is 16.1 Å². The molecule has 2 N–H and O–H groups in total. The van der Waals surface area contributed by atoms with Crippen molar-refractivity contribution in [3.63, 3.8) is 0 Å². The van der Waals surface area contributed by atoms with Crippen molar-refractivity contribution in [2.75, 3.05) is 44.7 Å².